The van der Waals surface area contributed by atoms with Gasteiger partial charge in [0, 0.05) is 5.69 Å². The first-order valence-corrected chi connectivity index (χ1v) is 6.17. The maximum atomic E-state index is 11.3. The lowest BCUT2D eigenvalue weighted by molar-refractivity contribution is -0.137. The Hall–Kier alpha value is -2.75. The van der Waals surface area contributed by atoms with E-state index in [0.717, 1.165) is 5.56 Å². The van der Waals surface area contributed by atoms with Gasteiger partial charge in [0.05, 0.1) is 0 Å². The number of hydrogen-bond acceptors (Lipinski definition) is 3. The van der Waals surface area contributed by atoms with Gasteiger partial charge in [-0.15, -0.1) is 0 Å². The Morgan fingerprint density at radius 1 is 0.950 bits per heavy atom. The van der Waals surface area contributed by atoms with Gasteiger partial charge in [0.15, 0.2) is 6.04 Å². The number of aliphatic carboxylic acids is 1. The lowest BCUT2D eigenvalue weighted by Crippen LogP contribution is -2.31. The summed E-state index contributed by atoms with van der Waals surface area (Å²) >= 11 is 0. The molecule has 0 unspecified atom stereocenters. The Balaban J connectivity index is 2.21. The molecule has 2 aromatic rings. The van der Waals surface area contributed by atoms with E-state index >= 15 is 0 Å². The lowest BCUT2D eigenvalue weighted by Gasteiger charge is -2.15. The molecule has 0 radical (unpaired) electrons. The van der Waals surface area contributed by atoms with Gasteiger partial charge in [-0.05, 0) is 23.8 Å². The minimum atomic E-state index is -1.18. The third-order valence-electron chi connectivity index (χ3n) is 2.74. The standard InChI is InChI=1S/C16H15NO3/c18-14(11-12-7-3-1-4-8-12)15(16(19)20)17-13-9-5-2-6-10-13/h1-11,15,17-18H,(H,19,20)/t15-/m0/s1. The first-order valence-electron chi connectivity index (χ1n) is 6.17. The van der Waals surface area contributed by atoms with Crippen LogP contribution in [0.3, 0.4) is 0 Å². The van der Waals surface area contributed by atoms with E-state index in [4.69, 9.17) is 0 Å². The summed E-state index contributed by atoms with van der Waals surface area (Å²) < 4.78 is 0. The zero-order valence-electron chi connectivity index (χ0n) is 10.7. The zero-order valence-corrected chi connectivity index (χ0v) is 10.7. The number of anilines is 1. The van der Waals surface area contributed by atoms with Gasteiger partial charge in [-0.1, -0.05) is 48.5 Å². The number of benzene rings is 2. The lowest BCUT2D eigenvalue weighted by atomic mass is 10.1. The van der Waals surface area contributed by atoms with Crippen molar-refractivity contribution in [3.05, 3.63) is 72.0 Å². The van der Waals surface area contributed by atoms with Crippen molar-refractivity contribution in [1.29, 1.82) is 0 Å². The van der Waals surface area contributed by atoms with Crippen molar-refractivity contribution in [1.82, 2.24) is 0 Å². The summed E-state index contributed by atoms with van der Waals surface area (Å²) in [5.74, 6) is -1.38. The average Bonchev–Trinajstić information content (AvgIpc) is 2.46. The van der Waals surface area contributed by atoms with Gasteiger partial charge in [0.1, 0.15) is 5.76 Å². The summed E-state index contributed by atoms with van der Waals surface area (Å²) in [7, 11) is 0. The maximum absolute atomic E-state index is 11.3. The highest BCUT2D eigenvalue weighted by Gasteiger charge is 2.21. The topological polar surface area (TPSA) is 69.6 Å². The normalized spacial score (nSPS) is 12.7. The number of carboxylic acid groups (broad SMARTS) is 1. The second-order valence-corrected chi connectivity index (χ2v) is 4.26. The number of hydrogen-bond donors (Lipinski definition) is 3. The van der Waals surface area contributed by atoms with Crippen molar-refractivity contribution >= 4 is 17.7 Å². The molecule has 0 amide bonds. The molecule has 0 aromatic heterocycles. The molecule has 0 aliphatic heterocycles. The Kier molecular flexibility index (Phi) is 4.39. The number of aliphatic hydroxyl groups excluding tert-OH is 1. The predicted molar refractivity (Wildman–Crippen MR) is 78.5 cm³/mol. The number of aliphatic hydroxyl groups is 1. The fraction of sp³-hybridized carbons (Fsp3) is 0.0625. The van der Waals surface area contributed by atoms with Crippen molar-refractivity contribution < 1.29 is 15.0 Å². The van der Waals surface area contributed by atoms with Crippen molar-refractivity contribution in [3.63, 3.8) is 0 Å². The van der Waals surface area contributed by atoms with Gasteiger partial charge in [-0.3, -0.25) is 0 Å². The van der Waals surface area contributed by atoms with E-state index in [1.54, 1.807) is 36.4 Å². The molecular weight excluding hydrogens is 254 g/mol. The smallest absolute Gasteiger partial charge is 0.334 e. The van der Waals surface area contributed by atoms with E-state index < -0.39 is 12.0 Å². The van der Waals surface area contributed by atoms with Gasteiger partial charge in [-0.25, -0.2) is 4.79 Å². The quantitative estimate of drug-likeness (QED) is 0.729. The van der Waals surface area contributed by atoms with Crippen LogP contribution < -0.4 is 5.32 Å². The van der Waals surface area contributed by atoms with E-state index in [-0.39, 0.29) is 5.76 Å². The van der Waals surface area contributed by atoms with Crippen LogP contribution in [0, 0.1) is 0 Å². The summed E-state index contributed by atoms with van der Waals surface area (Å²) in [5, 5.41) is 22.0. The molecule has 20 heavy (non-hydrogen) atoms. The molecule has 102 valence electrons. The largest absolute Gasteiger partial charge is 0.509 e. The number of rotatable bonds is 5. The van der Waals surface area contributed by atoms with Crippen LogP contribution in [0.4, 0.5) is 5.69 Å². The Morgan fingerprint density at radius 2 is 1.50 bits per heavy atom. The molecule has 4 heteroatoms. The fourth-order valence-corrected chi connectivity index (χ4v) is 1.77. The average molecular weight is 269 g/mol. The predicted octanol–water partition coefficient (Wildman–Crippen LogP) is 3.15. The monoisotopic (exact) mass is 269 g/mol. The van der Waals surface area contributed by atoms with E-state index in [2.05, 4.69) is 5.32 Å². The zero-order chi connectivity index (χ0) is 14.4. The molecule has 0 bridgehead atoms. The Labute approximate surface area is 117 Å². The number of carbonyl (C=O) groups is 1. The van der Waals surface area contributed by atoms with Crippen LogP contribution >= 0.6 is 0 Å². The molecule has 0 spiro atoms. The molecule has 0 saturated heterocycles. The second kappa shape index (κ2) is 6.43. The summed E-state index contributed by atoms with van der Waals surface area (Å²) in [6.07, 6.45) is 1.44. The molecule has 0 aliphatic rings. The Morgan fingerprint density at radius 3 is 2.05 bits per heavy atom. The molecule has 0 fully saturated rings. The van der Waals surface area contributed by atoms with Crippen LogP contribution in [0.1, 0.15) is 5.56 Å². The molecule has 0 aliphatic carbocycles. The Bertz CT molecular complexity index is 594. The fourth-order valence-electron chi connectivity index (χ4n) is 1.77. The van der Waals surface area contributed by atoms with Gasteiger partial charge < -0.3 is 15.5 Å². The highest BCUT2D eigenvalue weighted by molar-refractivity contribution is 5.82. The van der Waals surface area contributed by atoms with Crippen molar-refractivity contribution in [2.24, 2.45) is 0 Å². The maximum Gasteiger partial charge on any atom is 0.334 e. The van der Waals surface area contributed by atoms with Gasteiger partial charge >= 0.3 is 5.97 Å². The van der Waals surface area contributed by atoms with Gasteiger partial charge in [0.25, 0.3) is 0 Å². The van der Waals surface area contributed by atoms with Crippen LogP contribution in [0.25, 0.3) is 6.08 Å². The second-order valence-electron chi connectivity index (χ2n) is 4.26. The van der Waals surface area contributed by atoms with Crippen molar-refractivity contribution in [2.75, 3.05) is 5.32 Å². The summed E-state index contributed by atoms with van der Waals surface area (Å²) in [5.41, 5.74) is 1.37. The van der Waals surface area contributed by atoms with E-state index in [1.807, 2.05) is 24.3 Å². The highest BCUT2D eigenvalue weighted by atomic mass is 16.4. The van der Waals surface area contributed by atoms with E-state index in [0.29, 0.717) is 5.69 Å². The van der Waals surface area contributed by atoms with Crippen LogP contribution in [-0.4, -0.2) is 22.2 Å². The number of nitrogens with one attached hydrogen (secondary N) is 1. The van der Waals surface area contributed by atoms with Crippen LogP contribution in [-0.2, 0) is 4.79 Å². The summed E-state index contributed by atoms with van der Waals surface area (Å²) in [4.78, 5) is 11.3. The van der Waals surface area contributed by atoms with Gasteiger partial charge in [0.2, 0.25) is 0 Å². The van der Waals surface area contributed by atoms with Crippen molar-refractivity contribution in [2.45, 2.75) is 6.04 Å². The minimum Gasteiger partial charge on any atom is -0.509 e. The van der Waals surface area contributed by atoms with E-state index in [9.17, 15) is 15.0 Å². The number of para-hydroxylation sites is 1. The van der Waals surface area contributed by atoms with Crippen LogP contribution in [0.5, 0.6) is 0 Å². The summed E-state index contributed by atoms with van der Waals surface area (Å²) in [6.45, 7) is 0. The summed E-state index contributed by atoms with van der Waals surface area (Å²) in [6, 6.07) is 16.8. The van der Waals surface area contributed by atoms with Crippen LogP contribution in [0.2, 0.25) is 0 Å². The molecule has 0 heterocycles. The molecule has 2 aromatic carbocycles. The third-order valence-corrected chi connectivity index (χ3v) is 2.74. The molecule has 0 saturated carbocycles. The molecule has 4 nitrogen and oxygen atoms in total. The highest BCUT2D eigenvalue weighted by Crippen LogP contribution is 2.14. The SMILES string of the molecule is O=C(O)[C@@H](Nc1ccccc1)C(O)=Cc1ccccc1. The van der Waals surface area contributed by atoms with Gasteiger partial charge in [-0.2, -0.15) is 0 Å². The molecular formula is C16H15NO3. The first kappa shape index (κ1) is 13.7. The molecule has 1 atom stereocenters. The van der Waals surface area contributed by atoms with E-state index in [1.165, 1.54) is 6.08 Å². The third kappa shape index (κ3) is 3.62. The van der Waals surface area contributed by atoms with Crippen molar-refractivity contribution in [3.8, 4) is 0 Å². The molecule has 2 rings (SSSR count). The first-order chi connectivity index (χ1) is 9.66. The van der Waals surface area contributed by atoms with Crippen LogP contribution in [0.15, 0.2) is 66.4 Å². The minimum absolute atomic E-state index is 0.243. The number of carboxylic acids is 1. The molecule has 3 N–H and O–H groups in total.